The molecule has 0 aromatic heterocycles. The summed E-state index contributed by atoms with van der Waals surface area (Å²) >= 11 is 0. The van der Waals surface area contributed by atoms with E-state index in [1.165, 1.54) is 4.90 Å². The highest BCUT2D eigenvalue weighted by atomic mass is 16.6. The van der Waals surface area contributed by atoms with Crippen LogP contribution in [0.5, 0.6) is 0 Å². The molecule has 1 amide bonds. The fraction of sp³-hybridized carbons (Fsp3) is 0.300. The zero-order valence-electron chi connectivity index (χ0n) is 14.3. The normalized spacial score (nSPS) is 19.2. The van der Waals surface area contributed by atoms with E-state index in [9.17, 15) is 9.59 Å². The third-order valence-electron chi connectivity index (χ3n) is 4.37. The van der Waals surface area contributed by atoms with Crippen LogP contribution in [0.3, 0.4) is 0 Å². The van der Waals surface area contributed by atoms with Crippen LogP contribution in [0.1, 0.15) is 31.0 Å². The van der Waals surface area contributed by atoms with Crippen LogP contribution in [0, 0.1) is 0 Å². The highest BCUT2D eigenvalue weighted by Gasteiger charge is 2.48. The van der Waals surface area contributed by atoms with Gasteiger partial charge in [-0.05, 0) is 25.0 Å². The number of esters is 1. The Morgan fingerprint density at radius 2 is 1.72 bits per heavy atom. The van der Waals surface area contributed by atoms with E-state index in [2.05, 4.69) is 0 Å². The second-order valence-corrected chi connectivity index (χ2v) is 6.49. The summed E-state index contributed by atoms with van der Waals surface area (Å²) in [4.78, 5) is 26.5. The molecule has 0 radical (unpaired) electrons. The Bertz CT molecular complexity index is 743. The molecule has 0 saturated carbocycles. The van der Waals surface area contributed by atoms with E-state index < -0.39 is 17.6 Å². The van der Waals surface area contributed by atoms with Crippen molar-refractivity contribution in [3.63, 3.8) is 0 Å². The average Bonchev–Trinajstić information content (AvgIpc) is 2.63. The first kappa shape index (κ1) is 17.0. The average molecular weight is 339 g/mol. The van der Waals surface area contributed by atoms with Crippen molar-refractivity contribution in [2.45, 2.75) is 32.0 Å². The lowest BCUT2D eigenvalue weighted by Gasteiger charge is -2.44. The van der Waals surface area contributed by atoms with Crippen molar-refractivity contribution < 1.29 is 19.1 Å². The molecule has 0 aliphatic carbocycles. The summed E-state index contributed by atoms with van der Waals surface area (Å²) in [6, 6.07) is 18.6. The first-order valence-corrected chi connectivity index (χ1v) is 8.22. The van der Waals surface area contributed by atoms with Crippen LogP contribution in [0.4, 0.5) is 4.79 Å². The number of amides is 1. The topological polar surface area (TPSA) is 55.8 Å². The molecule has 130 valence electrons. The molecule has 0 bridgehead atoms. The zero-order chi connectivity index (χ0) is 17.9. The Labute approximate surface area is 147 Å². The summed E-state index contributed by atoms with van der Waals surface area (Å²) in [6.07, 6.45) is -0.528. The number of benzene rings is 2. The Hall–Kier alpha value is -2.82. The van der Waals surface area contributed by atoms with E-state index in [0.717, 1.165) is 11.1 Å². The minimum atomic E-state index is -1.10. The summed E-state index contributed by atoms with van der Waals surface area (Å²) in [7, 11) is 0. The molecular formula is C20H21NO4. The van der Waals surface area contributed by atoms with Gasteiger partial charge < -0.3 is 9.47 Å². The minimum absolute atomic E-state index is 0.118. The van der Waals surface area contributed by atoms with E-state index >= 15 is 0 Å². The van der Waals surface area contributed by atoms with Crippen molar-refractivity contribution in [3.8, 4) is 0 Å². The molecule has 25 heavy (non-hydrogen) atoms. The first-order valence-electron chi connectivity index (χ1n) is 8.22. The standard InChI is InChI=1S/C20H21NO4/c1-20(2)18(22)24-14-17(16-11-7-4-8-12-16)21(20)19(23)25-13-15-9-5-3-6-10-15/h3-12,17H,13-14H2,1-2H3/t17-/m1/s1. The lowest BCUT2D eigenvalue weighted by atomic mass is 9.95. The van der Waals surface area contributed by atoms with Crippen molar-refractivity contribution in [1.29, 1.82) is 0 Å². The molecule has 1 aliphatic heterocycles. The molecule has 5 heteroatoms. The van der Waals surface area contributed by atoms with Crippen LogP contribution in [0.15, 0.2) is 60.7 Å². The van der Waals surface area contributed by atoms with Gasteiger partial charge in [-0.15, -0.1) is 0 Å². The number of ether oxygens (including phenoxy) is 2. The van der Waals surface area contributed by atoms with E-state index in [1.807, 2.05) is 60.7 Å². The van der Waals surface area contributed by atoms with Crippen LogP contribution in [0.2, 0.25) is 0 Å². The maximum absolute atomic E-state index is 12.8. The van der Waals surface area contributed by atoms with Gasteiger partial charge in [0.1, 0.15) is 18.8 Å². The molecule has 1 heterocycles. The Kier molecular flexibility index (Phi) is 4.74. The molecule has 5 nitrogen and oxygen atoms in total. The highest BCUT2D eigenvalue weighted by molar-refractivity contribution is 5.86. The largest absolute Gasteiger partial charge is 0.461 e. The number of nitrogens with zero attached hydrogens (tertiary/aromatic N) is 1. The van der Waals surface area contributed by atoms with E-state index in [4.69, 9.17) is 9.47 Å². The molecule has 1 atom stereocenters. The molecule has 3 rings (SSSR count). The first-order chi connectivity index (χ1) is 12.0. The second kappa shape index (κ2) is 6.97. The highest BCUT2D eigenvalue weighted by Crippen LogP contribution is 2.34. The number of hydrogen-bond acceptors (Lipinski definition) is 4. The number of rotatable bonds is 3. The van der Waals surface area contributed by atoms with Crippen molar-refractivity contribution in [2.75, 3.05) is 6.61 Å². The van der Waals surface area contributed by atoms with Crippen molar-refractivity contribution >= 4 is 12.1 Å². The minimum Gasteiger partial charge on any atom is -0.461 e. The van der Waals surface area contributed by atoms with Gasteiger partial charge in [0.15, 0.2) is 0 Å². The number of hydrogen-bond donors (Lipinski definition) is 0. The fourth-order valence-corrected chi connectivity index (χ4v) is 2.96. The molecule has 2 aromatic rings. The van der Waals surface area contributed by atoms with Gasteiger partial charge in [-0.25, -0.2) is 9.59 Å². The molecule has 0 N–H and O–H groups in total. The van der Waals surface area contributed by atoms with E-state index in [0.29, 0.717) is 0 Å². The Balaban J connectivity index is 1.84. The molecule has 1 aliphatic rings. The van der Waals surface area contributed by atoms with Gasteiger partial charge in [-0.2, -0.15) is 0 Å². The molecule has 1 saturated heterocycles. The Morgan fingerprint density at radius 3 is 2.36 bits per heavy atom. The number of carbonyl (C=O) groups is 2. The molecule has 0 unspecified atom stereocenters. The van der Waals surface area contributed by atoms with Gasteiger partial charge in [0.2, 0.25) is 0 Å². The number of cyclic esters (lactones) is 1. The molecule has 0 spiro atoms. The quantitative estimate of drug-likeness (QED) is 0.800. The predicted octanol–water partition coefficient (Wildman–Crippen LogP) is 3.70. The summed E-state index contributed by atoms with van der Waals surface area (Å²) in [5.41, 5.74) is 0.691. The van der Waals surface area contributed by atoms with Crippen LogP contribution in [-0.4, -0.2) is 29.1 Å². The van der Waals surface area contributed by atoms with Crippen molar-refractivity contribution in [2.24, 2.45) is 0 Å². The SMILES string of the molecule is CC1(C)C(=O)OC[C@H](c2ccccc2)N1C(=O)OCc1ccccc1. The fourth-order valence-electron chi connectivity index (χ4n) is 2.96. The van der Waals surface area contributed by atoms with Crippen LogP contribution in [0.25, 0.3) is 0 Å². The smallest absolute Gasteiger partial charge is 0.411 e. The van der Waals surface area contributed by atoms with Crippen molar-refractivity contribution in [3.05, 3.63) is 71.8 Å². The Morgan fingerprint density at radius 1 is 1.12 bits per heavy atom. The maximum Gasteiger partial charge on any atom is 0.411 e. The summed E-state index contributed by atoms with van der Waals surface area (Å²) in [5, 5.41) is 0. The van der Waals surface area contributed by atoms with Gasteiger partial charge in [-0.1, -0.05) is 60.7 Å². The van der Waals surface area contributed by atoms with Gasteiger partial charge in [-0.3, -0.25) is 4.90 Å². The van der Waals surface area contributed by atoms with Gasteiger partial charge in [0.25, 0.3) is 0 Å². The monoisotopic (exact) mass is 339 g/mol. The second-order valence-electron chi connectivity index (χ2n) is 6.49. The molecular weight excluding hydrogens is 318 g/mol. The number of carbonyl (C=O) groups excluding carboxylic acids is 2. The van der Waals surface area contributed by atoms with Crippen molar-refractivity contribution in [1.82, 2.24) is 4.90 Å². The molecule has 1 fully saturated rings. The van der Waals surface area contributed by atoms with Crippen LogP contribution < -0.4 is 0 Å². The third kappa shape index (κ3) is 3.50. The van der Waals surface area contributed by atoms with Gasteiger partial charge >= 0.3 is 12.1 Å². The third-order valence-corrected chi connectivity index (χ3v) is 4.37. The van der Waals surface area contributed by atoms with Gasteiger partial charge in [0.05, 0.1) is 6.04 Å². The summed E-state index contributed by atoms with van der Waals surface area (Å²) in [6.45, 7) is 3.62. The summed E-state index contributed by atoms with van der Waals surface area (Å²) in [5.74, 6) is -0.434. The van der Waals surface area contributed by atoms with E-state index in [1.54, 1.807) is 13.8 Å². The van der Waals surface area contributed by atoms with E-state index in [-0.39, 0.29) is 19.3 Å². The molecule has 2 aromatic carbocycles. The maximum atomic E-state index is 12.8. The lowest BCUT2D eigenvalue weighted by molar-refractivity contribution is -0.169. The zero-order valence-corrected chi connectivity index (χ0v) is 14.3. The van der Waals surface area contributed by atoms with Crippen LogP contribution >= 0.6 is 0 Å². The summed E-state index contributed by atoms with van der Waals surface area (Å²) < 4.78 is 10.8. The number of morpholine rings is 1. The predicted molar refractivity (Wildman–Crippen MR) is 92.7 cm³/mol. The lowest BCUT2D eigenvalue weighted by Crippen LogP contribution is -2.59. The van der Waals surface area contributed by atoms with Gasteiger partial charge in [0, 0.05) is 0 Å². The van der Waals surface area contributed by atoms with Crippen LogP contribution in [-0.2, 0) is 20.9 Å².